The van der Waals surface area contributed by atoms with Crippen LogP contribution in [-0.2, 0) is 3.73 Å². The van der Waals surface area contributed by atoms with Crippen molar-refractivity contribution in [1.29, 1.82) is 0 Å². The van der Waals surface area contributed by atoms with E-state index in [1.54, 1.807) is 0 Å². The standard InChI is InChI=1S/C10H23AsO/c1-6-8-11(9-7-2)12-10(3,4)5/h6-9H2,1-5H3. The van der Waals surface area contributed by atoms with Crippen molar-refractivity contribution in [2.45, 2.75) is 63.5 Å². The van der Waals surface area contributed by atoms with Crippen molar-refractivity contribution in [1.82, 2.24) is 0 Å². The molecular weight excluding hydrogens is 211 g/mol. The van der Waals surface area contributed by atoms with E-state index < -0.39 is 15.0 Å². The van der Waals surface area contributed by atoms with Gasteiger partial charge < -0.3 is 0 Å². The van der Waals surface area contributed by atoms with E-state index in [1.807, 2.05) is 0 Å². The summed E-state index contributed by atoms with van der Waals surface area (Å²) in [4.78, 5) is 0. The summed E-state index contributed by atoms with van der Waals surface area (Å²) in [6.07, 6.45) is 2.58. The molecular formula is C10H23AsO. The van der Waals surface area contributed by atoms with Gasteiger partial charge in [0.15, 0.2) is 0 Å². The molecule has 1 nitrogen and oxygen atoms in total. The first-order chi connectivity index (χ1) is 5.49. The zero-order valence-corrected chi connectivity index (χ0v) is 11.1. The second-order valence-electron chi connectivity index (χ2n) is 4.13. The van der Waals surface area contributed by atoms with Gasteiger partial charge in [0, 0.05) is 0 Å². The Bertz CT molecular complexity index is 101. The summed E-state index contributed by atoms with van der Waals surface area (Å²) < 4.78 is 6.06. The Morgan fingerprint density at radius 2 is 1.42 bits per heavy atom. The minimum atomic E-state index is -0.925. The van der Waals surface area contributed by atoms with Gasteiger partial charge in [-0.3, -0.25) is 0 Å². The zero-order chi connectivity index (χ0) is 9.61. The Labute approximate surface area is 82.5 Å². The van der Waals surface area contributed by atoms with Crippen LogP contribution < -0.4 is 0 Å². The average molecular weight is 234 g/mol. The molecule has 2 heteroatoms. The normalized spacial score (nSPS) is 12.5. The Balaban J connectivity index is 3.77. The van der Waals surface area contributed by atoms with Crippen LogP contribution in [0.15, 0.2) is 0 Å². The van der Waals surface area contributed by atoms with Crippen LogP contribution in [0.2, 0.25) is 10.4 Å². The average Bonchev–Trinajstić information content (AvgIpc) is 1.84. The van der Waals surface area contributed by atoms with Gasteiger partial charge in [-0.05, 0) is 0 Å². The Morgan fingerprint density at radius 3 is 1.67 bits per heavy atom. The van der Waals surface area contributed by atoms with E-state index >= 15 is 0 Å². The molecule has 0 radical (unpaired) electrons. The number of rotatable bonds is 5. The predicted octanol–water partition coefficient (Wildman–Crippen LogP) is 3.61. The Morgan fingerprint density at radius 1 is 1.00 bits per heavy atom. The van der Waals surface area contributed by atoms with Crippen molar-refractivity contribution in [2.24, 2.45) is 0 Å². The molecule has 12 heavy (non-hydrogen) atoms. The monoisotopic (exact) mass is 234 g/mol. The van der Waals surface area contributed by atoms with Gasteiger partial charge in [0.1, 0.15) is 0 Å². The van der Waals surface area contributed by atoms with Crippen LogP contribution in [0.25, 0.3) is 0 Å². The summed E-state index contributed by atoms with van der Waals surface area (Å²) in [7, 11) is 0. The van der Waals surface area contributed by atoms with Gasteiger partial charge in [0.25, 0.3) is 0 Å². The van der Waals surface area contributed by atoms with Crippen LogP contribution in [0, 0.1) is 0 Å². The second kappa shape index (κ2) is 6.05. The van der Waals surface area contributed by atoms with E-state index in [2.05, 4.69) is 34.6 Å². The van der Waals surface area contributed by atoms with Gasteiger partial charge in [-0.25, -0.2) is 0 Å². The van der Waals surface area contributed by atoms with Crippen LogP contribution in [0.4, 0.5) is 0 Å². The molecule has 0 aliphatic rings. The molecule has 0 aromatic carbocycles. The Kier molecular flexibility index (Phi) is 6.31. The van der Waals surface area contributed by atoms with Crippen LogP contribution in [0.3, 0.4) is 0 Å². The molecule has 0 N–H and O–H groups in total. The van der Waals surface area contributed by atoms with Gasteiger partial charge in [0.2, 0.25) is 0 Å². The molecule has 0 saturated heterocycles. The molecule has 0 fully saturated rings. The van der Waals surface area contributed by atoms with E-state index in [4.69, 9.17) is 3.73 Å². The van der Waals surface area contributed by atoms with Crippen molar-refractivity contribution in [3.05, 3.63) is 0 Å². The van der Waals surface area contributed by atoms with Crippen LogP contribution in [0.5, 0.6) is 0 Å². The summed E-state index contributed by atoms with van der Waals surface area (Å²) in [5, 5.41) is 2.69. The SMILES string of the molecule is CCC[As](CCC)OC(C)(C)C. The predicted molar refractivity (Wildman–Crippen MR) is 56.8 cm³/mol. The fourth-order valence-corrected chi connectivity index (χ4v) is 5.66. The van der Waals surface area contributed by atoms with Crippen molar-refractivity contribution < 1.29 is 3.73 Å². The van der Waals surface area contributed by atoms with Crippen molar-refractivity contribution in [3.63, 3.8) is 0 Å². The maximum absolute atomic E-state index is 6.06. The molecule has 0 rings (SSSR count). The molecule has 0 heterocycles. The second-order valence-corrected chi connectivity index (χ2v) is 8.41. The van der Waals surface area contributed by atoms with Crippen LogP contribution in [-0.4, -0.2) is 20.6 Å². The van der Waals surface area contributed by atoms with Crippen LogP contribution >= 0.6 is 0 Å². The number of hydrogen-bond acceptors (Lipinski definition) is 1. The Hall–Kier alpha value is 0.518. The molecule has 0 aromatic rings. The number of hydrogen-bond donors (Lipinski definition) is 0. The van der Waals surface area contributed by atoms with Crippen molar-refractivity contribution in [3.8, 4) is 0 Å². The molecule has 0 saturated carbocycles. The molecule has 0 aliphatic carbocycles. The molecule has 0 aliphatic heterocycles. The van der Waals surface area contributed by atoms with Gasteiger partial charge in [0.05, 0.1) is 0 Å². The molecule has 0 amide bonds. The summed E-state index contributed by atoms with van der Waals surface area (Å²) in [5.41, 5.74) is 0.0876. The first kappa shape index (κ1) is 12.5. The fourth-order valence-electron chi connectivity index (χ4n) is 1.09. The van der Waals surface area contributed by atoms with E-state index in [1.165, 1.54) is 23.3 Å². The zero-order valence-electron chi connectivity index (χ0n) is 9.18. The first-order valence-electron chi connectivity index (χ1n) is 4.93. The third kappa shape index (κ3) is 7.18. The van der Waals surface area contributed by atoms with E-state index in [0.29, 0.717) is 0 Å². The molecule has 0 unspecified atom stereocenters. The summed E-state index contributed by atoms with van der Waals surface area (Å²) in [5.74, 6) is 0. The van der Waals surface area contributed by atoms with E-state index in [0.717, 1.165) is 0 Å². The van der Waals surface area contributed by atoms with Gasteiger partial charge in [-0.2, -0.15) is 0 Å². The van der Waals surface area contributed by atoms with E-state index in [9.17, 15) is 0 Å². The molecule has 74 valence electrons. The molecule has 0 spiro atoms. The minimum absolute atomic E-state index is 0.0876. The third-order valence-electron chi connectivity index (χ3n) is 1.35. The molecule has 0 atom stereocenters. The molecule has 0 bridgehead atoms. The summed E-state index contributed by atoms with van der Waals surface area (Å²) in [6, 6.07) is 0. The van der Waals surface area contributed by atoms with E-state index in [-0.39, 0.29) is 5.60 Å². The fraction of sp³-hybridized carbons (Fsp3) is 1.00. The van der Waals surface area contributed by atoms with Gasteiger partial charge in [-0.15, -0.1) is 0 Å². The van der Waals surface area contributed by atoms with Crippen molar-refractivity contribution >= 4 is 15.0 Å². The molecule has 0 aromatic heterocycles. The first-order valence-corrected chi connectivity index (χ1v) is 8.35. The van der Waals surface area contributed by atoms with Crippen molar-refractivity contribution in [2.75, 3.05) is 0 Å². The quantitative estimate of drug-likeness (QED) is 0.660. The maximum atomic E-state index is 6.06. The third-order valence-corrected chi connectivity index (χ3v) is 7.01. The van der Waals surface area contributed by atoms with Gasteiger partial charge >= 0.3 is 82.2 Å². The van der Waals surface area contributed by atoms with Crippen LogP contribution in [0.1, 0.15) is 47.5 Å². The summed E-state index contributed by atoms with van der Waals surface area (Å²) >= 11 is -0.925. The van der Waals surface area contributed by atoms with Gasteiger partial charge in [-0.1, -0.05) is 0 Å². The topological polar surface area (TPSA) is 9.23 Å². The summed E-state index contributed by atoms with van der Waals surface area (Å²) in [6.45, 7) is 11.0.